The average Bonchev–Trinajstić information content (AvgIpc) is 2.56. The van der Waals surface area contributed by atoms with Crippen molar-refractivity contribution in [2.75, 3.05) is 23.7 Å². The van der Waals surface area contributed by atoms with Crippen LogP contribution in [0.5, 0.6) is 0 Å². The highest BCUT2D eigenvalue weighted by molar-refractivity contribution is 7.92. The van der Waals surface area contributed by atoms with Crippen molar-refractivity contribution in [1.82, 2.24) is 10.6 Å². The van der Waals surface area contributed by atoms with Crippen LogP contribution in [0.2, 0.25) is 5.02 Å². The van der Waals surface area contributed by atoms with Gasteiger partial charge in [0, 0.05) is 11.1 Å². The molecule has 1 atom stereocenters. The van der Waals surface area contributed by atoms with E-state index in [1.165, 1.54) is 18.2 Å². The summed E-state index contributed by atoms with van der Waals surface area (Å²) in [6, 6.07) is 5.10. The largest absolute Gasteiger partial charge is 0.454 e. The SMILES string of the molecule is CC[C@H](C)NC(=O)NC(=O)COC(=O)CN(c1cccc(Cl)c1)S(C)(=O)=O. The van der Waals surface area contributed by atoms with Gasteiger partial charge in [0.05, 0.1) is 11.9 Å². The molecule has 9 nitrogen and oxygen atoms in total. The van der Waals surface area contributed by atoms with Gasteiger partial charge >= 0.3 is 12.0 Å². The van der Waals surface area contributed by atoms with Gasteiger partial charge in [-0.2, -0.15) is 0 Å². The smallest absolute Gasteiger partial charge is 0.327 e. The first-order valence-electron chi connectivity index (χ1n) is 8.02. The summed E-state index contributed by atoms with van der Waals surface area (Å²) < 4.78 is 29.4. The molecule has 0 saturated carbocycles. The Morgan fingerprint density at radius 3 is 2.52 bits per heavy atom. The van der Waals surface area contributed by atoms with E-state index in [-0.39, 0.29) is 11.7 Å². The zero-order chi connectivity index (χ0) is 20.6. The predicted molar refractivity (Wildman–Crippen MR) is 101 cm³/mol. The molecule has 11 heteroatoms. The lowest BCUT2D eigenvalue weighted by Crippen LogP contribution is -2.45. The van der Waals surface area contributed by atoms with Gasteiger partial charge in [-0.25, -0.2) is 13.2 Å². The molecule has 0 heterocycles. The number of esters is 1. The van der Waals surface area contributed by atoms with Gasteiger partial charge in [0.25, 0.3) is 5.91 Å². The Balaban J connectivity index is 2.63. The first kappa shape index (κ1) is 22.7. The number of carbonyl (C=O) groups is 3. The predicted octanol–water partition coefficient (Wildman–Crippen LogP) is 1.27. The van der Waals surface area contributed by atoms with Crippen LogP contribution in [0.25, 0.3) is 0 Å². The van der Waals surface area contributed by atoms with Gasteiger partial charge in [0.15, 0.2) is 6.61 Å². The number of nitrogens with zero attached hydrogens (tertiary/aromatic N) is 1. The number of benzene rings is 1. The molecule has 0 unspecified atom stereocenters. The van der Waals surface area contributed by atoms with Crippen LogP contribution < -0.4 is 14.9 Å². The molecule has 1 rings (SSSR count). The topological polar surface area (TPSA) is 122 Å². The van der Waals surface area contributed by atoms with Crippen molar-refractivity contribution >= 4 is 45.2 Å². The molecule has 2 N–H and O–H groups in total. The maximum Gasteiger partial charge on any atom is 0.327 e. The van der Waals surface area contributed by atoms with Crippen LogP contribution in [0.15, 0.2) is 24.3 Å². The Kier molecular flexibility index (Phi) is 8.51. The van der Waals surface area contributed by atoms with Crippen molar-refractivity contribution in [1.29, 1.82) is 0 Å². The molecule has 0 aliphatic heterocycles. The molecule has 150 valence electrons. The van der Waals surface area contributed by atoms with E-state index >= 15 is 0 Å². The molecular weight excluding hydrogens is 398 g/mol. The molecule has 1 aromatic rings. The van der Waals surface area contributed by atoms with Crippen LogP contribution in [-0.2, 0) is 24.3 Å². The van der Waals surface area contributed by atoms with Crippen LogP contribution in [-0.4, -0.2) is 51.8 Å². The molecule has 27 heavy (non-hydrogen) atoms. The van der Waals surface area contributed by atoms with Gasteiger partial charge in [-0.1, -0.05) is 24.6 Å². The first-order valence-corrected chi connectivity index (χ1v) is 10.2. The lowest BCUT2D eigenvalue weighted by Gasteiger charge is -2.21. The zero-order valence-corrected chi connectivity index (χ0v) is 16.8. The first-order chi connectivity index (χ1) is 12.5. The van der Waals surface area contributed by atoms with E-state index in [2.05, 4.69) is 5.32 Å². The van der Waals surface area contributed by atoms with Crippen LogP contribution in [0, 0.1) is 0 Å². The Morgan fingerprint density at radius 1 is 1.30 bits per heavy atom. The van der Waals surface area contributed by atoms with E-state index in [0.29, 0.717) is 11.4 Å². The third-order valence-corrected chi connectivity index (χ3v) is 4.75. The van der Waals surface area contributed by atoms with Crippen molar-refractivity contribution < 1.29 is 27.5 Å². The maximum absolute atomic E-state index is 11.9. The second-order valence-corrected chi connectivity index (χ2v) is 8.08. The molecule has 3 amide bonds. The summed E-state index contributed by atoms with van der Waals surface area (Å²) in [5.41, 5.74) is 0.180. The third kappa shape index (κ3) is 8.27. The monoisotopic (exact) mass is 419 g/mol. The Morgan fingerprint density at radius 2 is 1.96 bits per heavy atom. The van der Waals surface area contributed by atoms with E-state index in [9.17, 15) is 22.8 Å². The van der Waals surface area contributed by atoms with Gasteiger partial charge in [-0.05, 0) is 31.5 Å². The zero-order valence-electron chi connectivity index (χ0n) is 15.2. The second-order valence-electron chi connectivity index (χ2n) is 5.74. The van der Waals surface area contributed by atoms with Crippen molar-refractivity contribution in [2.45, 2.75) is 26.3 Å². The number of amides is 3. The van der Waals surface area contributed by atoms with Crippen molar-refractivity contribution in [3.8, 4) is 0 Å². The maximum atomic E-state index is 11.9. The van der Waals surface area contributed by atoms with Crippen molar-refractivity contribution in [3.63, 3.8) is 0 Å². The quantitative estimate of drug-likeness (QED) is 0.612. The van der Waals surface area contributed by atoms with E-state index in [4.69, 9.17) is 16.3 Å². The number of hydrogen-bond donors (Lipinski definition) is 2. The van der Waals surface area contributed by atoms with Gasteiger partial charge in [-0.3, -0.25) is 19.2 Å². The highest BCUT2D eigenvalue weighted by Gasteiger charge is 2.22. The number of hydrogen-bond acceptors (Lipinski definition) is 6. The molecule has 1 aromatic carbocycles. The fraction of sp³-hybridized carbons (Fsp3) is 0.438. The summed E-state index contributed by atoms with van der Waals surface area (Å²) in [6.07, 6.45) is 1.61. The second kappa shape index (κ2) is 10.1. The summed E-state index contributed by atoms with van der Waals surface area (Å²) in [5.74, 6) is -1.80. The van der Waals surface area contributed by atoms with E-state index < -0.39 is 41.1 Å². The fourth-order valence-corrected chi connectivity index (χ4v) is 2.89. The summed E-state index contributed by atoms with van der Waals surface area (Å²) in [5, 5.41) is 4.82. The number of halogens is 1. The Bertz CT molecular complexity index is 799. The van der Waals surface area contributed by atoms with Gasteiger partial charge in [-0.15, -0.1) is 0 Å². The molecule has 0 aliphatic rings. The molecule has 0 saturated heterocycles. The number of carbonyl (C=O) groups excluding carboxylic acids is 3. The van der Waals surface area contributed by atoms with Gasteiger partial charge < -0.3 is 10.1 Å². The lowest BCUT2D eigenvalue weighted by molar-refractivity contribution is -0.146. The summed E-state index contributed by atoms with van der Waals surface area (Å²) in [7, 11) is -3.79. The normalized spacial score (nSPS) is 12.0. The highest BCUT2D eigenvalue weighted by atomic mass is 35.5. The lowest BCUT2D eigenvalue weighted by atomic mass is 10.3. The van der Waals surface area contributed by atoms with Crippen LogP contribution in [0.3, 0.4) is 0 Å². The third-order valence-electron chi connectivity index (χ3n) is 3.38. The van der Waals surface area contributed by atoms with Gasteiger partial charge in [0.2, 0.25) is 10.0 Å². The molecular formula is C16H22ClN3O6S. The molecule has 0 aromatic heterocycles. The fourth-order valence-electron chi connectivity index (χ4n) is 1.86. The standard InChI is InChI=1S/C16H22ClN3O6S/c1-4-11(2)18-16(23)19-14(21)10-26-15(22)9-20(27(3,24)25)13-7-5-6-12(17)8-13/h5-8,11H,4,9-10H2,1-3H3,(H2,18,19,21,23)/t11-/m0/s1. The molecule has 0 fully saturated rings. The summed E-state index contributed by atoms with van der Waals surface area (Å²) in [4.78, 5) is 35.1. The number of anilines is 1. The molecule has 0 bridgehead atoms. The van der Waals surface area contributed by atoms with E-state index in [1.807, 2.05) is 12.2 Å². The van der Waals surface area contributed by atoms with Gasteiger partial charge in [0.1, 0.15) is 6.54 Å². The number of nitrogens with one attached hydrogen (secondary N) is 2. The molecule has 0 aliphatic carbocycles. The minimum absolute atomic E-state index is 0.124. The number of ether oxygens (including phenoxy) is 1. The number of urea groups is 1. The van der Waals surface area contributed by atoms with Crippen LogP contribution >= 0.6 is 11.6 Å². The molecule has 0 spiro atoms. The van der Waals surface area contributed by atoms with E-state index in [1.54, 1.807) is 13.0 Å². The van der Waals surface area contributed by atoms with Crippen molar-refractivity contribution in [2.24, 2.45) is 0 Å². The summed E-state index contributed by atoms with van der Waals surface area (Å²) in [6.45, 7) is 2.26. The minimum Gasteiger partial charge on any atom is -0.454 e. The number of sulfonamides is 1. The highest BCUT2D eigenvalue weighted by Crippen LogP contribution is 2.21. The van der Waals surface area contributed by atoms with Crippen LogP contribution in [0.1, 0.15) is 20.3 Å². The Labute approximate surface area is 163 Å². The van der Waals surface area contributed by atoms with Crippen molar-refractivity contribution in [3.05, 3.63) is 29.3 Å². The molecule has 0 radical (unpaired) electrons. The average molecular weight is 420 g/mol. The number of imide groups is 1. The van der Waals surface area contributed by atoms with E-state index in [0.717, 1.165) is 10.6 Å². The van der Waals surface area contributed by atoms with Crippen LogP contribution in [0.4, 0.5) is 10.5 Å². The summed E-state index contributed by atoms with van der Waals surface area (Å²) >= 11 is 5.84. The Hall–Kier alpha value is -2.33. The minimum atomic E-state index is -3.79. The number of rotatable bonds is 8.